The van der Waals surface area contributed by atoms with Crippen LogP contribution in [0, 0.1) is 23.2 Å². The van der Waals surface area contributed by atoms with E-state index in [0.29, 0.717) is 24.7 Å². The molecule has 4 rings (SSSR count). The summed E-state index contributed by atoms with van der Waals surface area (Å²) in [5, 5.41) is -6.54. The smallest absolute Gasteiger partial charge is 0.281 e. The van der Waals surface area contributed by atoms with Crippen LogP contribution in [0.4, 0.5) is 35.1 Å². The van der Waals surface area contributed by atoms with E-state index in [1.165, 1.54) is 0 Å². The Hall–Kier alpha value is -0.690. The number of alkyl halides is 8. The summed E-state index contributed by atoms with van der Waals surface area (Å²) in [5.74, 6) is -4.52. The monoisotopic (exact) mass is 446 g/mol. The fraction of sp³-hybridized carbons (Fsp3) is 1.00. The number of rotatable bonds is 8. The van der Waals surface area contributed by atoms with Gasteiger partial charge in [-0.15, -0.1) is 0 Å². The van der Waals surface area contributed by atoms with Gasteiger partial charge in [0.05, 0.1) is 0 Å². The molecule has 0 heterocycles. The summed E-state index contributed by atoms with van der Waals surface area (Å²) in [6, 6.07) is 0. The second kappa shape index (κ2) is 6.16. The maximum absolute atomic E-state index is 14.0. The van der Waals surface area contributed by atoms with Gasteiger partial charge < -0.3 is 0 Å². The third-order valence-electron chi connectivity index (χ3n) is 6.44. The van der Waals surface area contributed by atoms with Gasteiger partial charge in [0, 0.05) is 6.42 Å². The van der Waals surface area contributed by atoms with E-state index in [-0.39, 0.29) is 5.92 Å². The Morgan fingerprint density at radius 2 is 1.39 bits per heavy atom. The third kappa shape index (κ3) is 3.30. The normalized spacial score (nSPS) is 33.7. The van der Waals surface area contributed by atoms with E-state index in [0.717, 1.165) is 19.3 Å². The number of hydrogen-bond acceptors (Lipinski definition) is 3. The largest absolute Gasteiger partial charge is 0.460 e. The Labute approximate surface area is 155 Å². The first-order chi connectivity index (χ1) is 12.4. The van der Waals surface area contributed by atoms with Crippen LogP contribution in [-0.2, 0) is 14.9 Å². The molecule has 0 aromatic rings. The average Bonchev–Trinajstić information content (AvgIpc) is 2.87. The van der Waals surface area contributed by atoms with E-state index < -0.39 is 51.8 Å². The van der Waals surface area contributed by atoms with E-state index in [2.05, 4.69) is 4.74 Å². The predicted molar refractivity (Wildman–Crippen MR) is 77.6 cm³/mol. The summed E-state index contributed by atoms with van der Waals surface area (Å²) in [7, 11) is -6.90. The highest BCUT2D eigenvalue weighted by Crippen LogP contribution is 2.67. The molecule has 4 bridgehead atoms. The van der Waals surface area contributed by atoms with Crippen LogP contribution in [0.15, 0.2) is 0 Å². The lowest BCUT2D eigenvalue weighted by Crippen LogP contribution is -2.56. The molecular formula is C15H18F8O4S. The van der Waals surface area contributed by atoms with Crippen LogP contribution in [0.3, 0.4) is 0 Å². The Morgan fingerprint density at radius 1 is 0.893 bits per heavy atom. The Balaban J connectivity index is 1.72. The molecule has 0 aromatic carbocycles. The SMILES string of the molecule is O=S(=O)(O)C(F)(F)C(F)(F)OC(F)(F)C(F)(F)CCC12CC3CC(CC1C3)C2. The predicted octanol–water partition coefficient (Wildman–Crippen LogP) is 4.91. The van der Waals surface area contributed by atoms with Crippen molar-refractivity contribution in [1.29, 1.82) is 0 Å². The highest BCUT2D eigenvalue weighted by molar-refractivity contribution is 7.86. The van der Waals surface area contributed by atoms with Crippen LogP contribution in [0.25, 0.3) is 0 Å². The van der Waals surface area contributed by atoms with Crippen molar-refractivity contribution in [3.63, 3.8) is 0 Å². The van der Waals surface area contributed by atoms with Crippen LogP contribution in [0.2, 0.25) is 0 Å². The second-order valence-corrected chi connectivity index (χ2v) is 9.70. The topological polar surface area (TPSA) is 63.6 Å². The van der Waals surface area contributed by atoms with E-state index in [1.807, 2.05) is 0 Å². The minimum Gasteiger partial charge on any atom is -0.281 e. The van der Waals surface area contributed by atoms with Crippen molar-refractivity contribution in [1.82, 2.24) is 0 Å². The van der Waals surface area contributed by atoms with Gasteiger partial charge in [0.1, 0.15) is 0 Å². The molecule has 0 aliphatic heterocycles. The molecule has 28 heavy (non-hydrogen) atoms. The zero-order valence-corrected chi connectivity index (χ0v) is 15.1. The van der Waals surface area contributed by atoms with Gasteiger partial charge in [-0.2, -0.15) is 43.5 Å². The summed E-state index contributed by atoms with van der Waals surface area (Å²) in [6.07, 6.45) is -11.0. The van der Waals surface area contributed by atoms with Crippen LogP contribution in [0.1, 0.15) is 44.9 Å². The molecule has 2 unspecified atom stereocenters. The zero-order valence-electron chi connectivity index (χ0n) is 14.3. The second-order valence-electron chi connectivity index (χ2n) is 8.24. The number of hydrogen-bond donors (Lipinski definition) is 1. The summed E-state index contributed by atoms with van der Waals surface area (Å²) in [5.41, 5.74) is -0.589. The van der Waals surface area contributed by atoms with Crippen LogP contribution < -0.4 is 0 Å². The molecule has 0 saturated heterocycles. The third-order valence-corrected chi connectivity index (χ3v) is 7.33. The molecule has 4 aliphatic rings. The van der Waals surface area contributed by atoms with Crippen LogP contribution in [-0.4, -0.2) is 36.4 Å². The highest BCUT2D eigenvalue weighted by atomic mass is 32.2. The first-order valence-corrected chi connectivity index (χ1v) is 10.0. The molecular weight excluding hydrogens is 428 g/mol. The summed E-state index contributed by atoms with van der Waals surface area (Å²) in [4.78, 5) is 0. The van der Waals surface area contributed by atoms with Crippen LogP contribution >= 0.6 is 0 Å². The maximum atomic E-state index is 14.0. The summed E-state index contributed by atoms with van der Waals surface area (Å²) in [6.45, 7) is 0. The first-order valence-electron chi connectivity index (χ1n) is 8.61. The molecule has 0 aromatic heterocycles. The summed E-state index contributed by atoms with van der Waals surface area (Å²) >= 11 is 0. The van der Waals surface area contributed by atoms with Gasteiger partial charge in [-0.05, 0) is 61.7 Å². The van der Waals surface area contributed by atoms with E-state index in [9.17, 15) is 43.5 Å². The molecule has 4 aliphatic carbocycles. The van der Waals surface area contributed by atoms with Gasteiger partial charge in [-0.3, -0.25) is 4.55 Å². The Morgan fingerprint density at radius 3 is 1.86 bits per heavy atom. The van der Waals surface area contributed by atoms with Crippen molar-refractivity contribution in [3.8, 4) is 0 Å². The molecule has 13 heteroatoms. The fourth-order valence-corrected chi connectivity index (χ4v) is 5.71. The van der Waals surface area contributed by atoms with Crippen molar-refractivity contribution in [2.75, 3.05) is 0 Å². The lowest BCUT2D eigenvalue weighted by molar-refractivity contribution is -0.457. The van der Waals surface area contributed by atoms with E-state index in [4.69, 9.17) is 4.55 Å². The van der Waals surface area contributed by atoms with Gasteiger partial charge in [0.2, 0.25) is 0 Å². The molecule has 4 fully saturated rings. The Kier molecular flexibility index (Phi) is 4.84. The lowest BCUT2D eigenvalue weighted by Gasteiger charge is -2.36. The van der Waals surface area contributed by atoms with Gasteiger partial charge in [0.15, 0.2) is 0 Å². The van der Waals surface area contributed by atoms with Crippen molar-refractivity contribution >= 4 is 10.1 Å². The number of ether oxygens (including phenoxy) is 1. The first kappa shape index (κ1) is 22.0. The van der Waals surface area contributed by atoms with E-state index in [1.54, 1.807) is 0 Å². The van der Waals surface area contributed by atoms with E-state index >= 15 is 0 Å². The quantitative estimate of drug-likeness (QED) is 0.425. The molecule has 1 N–H and O–H groups in total. The molecule has 4 nitrogen and oxygen atoms in total. The summed E-state index contributed by atoms with van der Waals surface area (Å²) < 4.78 is 139. The maximum Gasteiger partial charge on any atom is 0.460 e. The fourth-order valence-electron chi connectivity index (χ4n) is 5.37. The molecule has 164 valence electrons. The van der Waals surface area contributed by atoms with Crippen LogP contribution in [0.5, 0.6) is 0 Å². The number of halogens is 8. The van der Waals surface area contributed by atoms with Gasteiger partial charge in [-0.25, -0.2) is 4.74 Å². The van der Waals surface area contributed by atoms with Crippen molar-refractivity contribution in [3.05, 3.63) is 0 Å². The molecule has 4 saturated carbocycles. The molecule has 2 atom stereocenters. The van der Waals surface area contributed by atoms with Crippen molar-refractivity contribution < 1.29 is 52.8 Å². The van der Waals surface area contributed by atoms with Crippen molar-refractivity contribution in [2.45, 2.75) is 68.3 Å². The minimum atomic E-state index is -6.90. The molecule has 0 radical (unpaired) electrons. The molecule has 0 amide bonds. The Bertz CT molecular complexity index is 724. The molecule has 0 spiro atoms. The van der Waals surface area contributed by atoms with Crippen molar-refractivity contribution in [2.24, 2.45) is 23.2 Å². The highest BCUT2D eigenvalue weighted by Gasteiger charge is 2.74. The minimum absolute atomic E-state index is 0.0897. The van der Waals surface area contributed by atoms with Gasteiger partial charge in [0.25, 0.3) is 0 Å². The lowest BCUT2D eigenvalue weighted by atomic mass is 9.72. The zero-order chi connectivity index (χ0) is 21.4. The van der Waals surface area contributed by atoms with Gasteiger partial charge in [-0.1, -0.05) is 0 Å². The average molecular weight is 446 g/mol. The van der Waals surface area contributed by atoms with Gasteiger partial charge >= 0.3 is 33.5 Å². The standard InChI is InChI=1S/C15H18F8O4S/c16-12(17,2-1-11-6-8-3-9(7-11)5-10(11)4-8)13(18,19)27-14(20,21)15(22,23)28(24,25)26/h8-10H,1-7H2,(H,24,25,26).